The molecular weight excluding hydrogens is 210 g/mol. The third-order valence-corrected chi connectivity index (χ3v) is 3.85. The van der Waals surface area contributed by atoms with Gasteiger partial charge in [0.25, 0.3) is 0 Å². The molecule has 0 bridgehead atoms. The number of nitrogens with one attached hydrogen (secondary N) is 1. The highest BCUT2D eigenvalue weighted by molar-refractivity contribution is 5.28. The molecule has 0 radical (unpaired) electrons. The maximum atomic E-state index is 9.97. The van der Waals surface area contributed by atoms with Gasteiger partial charge in [0.05, 0.1) is 6.10 Å². The first-order valence-electron chi connectivity index (χ1n) is 6.68. The van der Waals surface area contributed by atoms with Crippen LogP contribution in [0.15, 0.2) is 24.3 Å². The van der Waals surface area contributed by atoms with Crippen LogP contribution >= 0.6 is 0 Å². The Morgan fingerprint density at radius 1 is 1.24 bits per heavy atom. The van der Waals surface area contributed by atoms with E-state index < -0.39 is 0 Å². The van der Waals surface area contributed by atoms with Crippen molar-refractivity contribution in [2.75, 3.05) is 0 Å². The fourth-order valence-electron chi connectivity index (χ4n) is 2.79. The first kappa shape index (κ1) is 12.6. The predicted molar refractivity (Wildman–Crippen MR) is 71.0 cm³/mol. The summed E-state index contributed by atoms with van der Waals surface area (Å²) in [6, 6.07) is 9.04. The van der Waals surface area contributed by atoms with Crippen molar-refractivity contribution in [3.05, 3.63) is 35.4 Å². The molecule has 1 saturated carbocycles. The minimum absolute atomic E-state index is 0.171. The van der Waals surface area contributed by atoms with E-state index in [1.54, 1.807) is 0 Å². The van der Waals surface area contributed by atoms with Gasteiger partial charge in [0, 0.05) is 12.1 Å². The molecule has 0 aliphatic heterocycles. The number of hydrogen-bond donors (Lipinski definition) is 2. The van der Waals surface area contributed by atoms with E-state index >= 15 is 0 Å². The van der Waals surface area contributed by atoms with Crippen molar-refractivity contribution >= 4 is 0 Å². The van der Waals surface area contributed by atoms with E-state index in [0.717, 1.165) is 19.3 Å². The fraction of sp³-hybridized carbons (Fsp3) is 0.600. The fourth-order valence-corrected chi connectivity index (χ4v) is 2.79. The Morgan fingerprint density at radius 2 is 1.94 bits per heavy atom. The van der Waals surface area contributed by atoms with Crippen molar-refractivity contribution in [3.63, 3.8) is 0 Å². The zero-order chi connectivity index (χ0) is 12.3. The monoisotopic (exact) mass is 233 g/mol. The standard InChI is InChI=1S/C15H23NO/c1-11-7-3-4-8-13(11)12(2)16-14-9-5-6-10-15(14)17/h3-4,7-8,12,14-17H,5-6,9-10H2,1-2H3/t12?,14-,15-/m0/s1. The Hall–Kier alpha value is -0.860. The number of aryl methyl sites for hydroxylation is 1. The van der Waals surface area contributed by atoms with Crippen LogP contribution in [0.1, 0.15) is 49.8 Å². The highest BCUT2D eigenvalue weighted by Crippen LogP contribution is 2.23. The molecule has 0 aromatic heterocycles. The largest absolute Gasteiger partial charge is 0.392 e. The molecule has 1 aliphatic rings. The number of rotatable bonds is 3. The Balaban J connectivity index is 2.01. The highest BCUT2D eigenvalue weighted by Gasteiger charge is 2.24. The van der Waals surface area contributed by atoms with Crippen molar-refractivity contribution in [1.29, 1.82) is 0 Å². The lowest BCUT2D eigenvalue weighted by atomic mass is 9.91. The maximum absolute atomic E-state index is 9.97. The highest BCUT2D eigenvalue weighted by atomic mass is 16.3. The summed E-state index contributed by atoms with van der Waals surface area (Å²) in [5.41, 5.74) is 2.66. The normalized spacial score (nSPS) is 26.8. The van der Waals surface area contributed by atoms with Gasteiger partial charge in [-0.15, -0.1) is 0 Å². The van der Waals surface area contributed by atoms with E-state index in [9.17, 15) is 5.11 Å². The average molecular weight is 233 g/mol. The van der Waals surface area contributed by atoms with Gasteiger partial charge < -0.3 is 10.4 Å². The van der Waals surface area contributed by atoms with E-state index in [0.29, 0.717) is 6.04 Å². The SMILES string of the molecule is Cc1ccccc1C(C)N[C@H]1CCCC[C@@H]1O. The van der Waals surface area contributed by atoms with Crippen molar-refractivity contribution in [3.8, 4) is 0 Å². The lowest BCUT2D eigenvalue weighted by Crippen LogP contribution is -2.43. The van der Waals surface area contributed by atoms with Crippen molar-refractivity contribution in [2.24, 2.45) is 0 Å². The van der Waals surface area contributed by atoms with Crippen LogP contribution in [0.4, 0.5) is 0 Å². The van der Waals surface area contributed by atoms with E-state index in [4.69, 9.17) is 0 Å². The van der Waals surface area contributed by atoms with Crippen molar-refractivity contribution in [1.82, 2.24) is 5.32 Å². The number of benzene rings is 1. The van der Waals surface area contributed by atoms with Gasteiger partial charge in [-0.3, -0.25) is 0 Å². The molecule has 1 aromatic carbocycles. The van der Waals surface area contributed by atoms with Crippen LogP contribution in [0.3, 0.4) is 0 Å². The molecule has 1 fully saturated rings. The molecule has 1 aliphatic carbocycles. The van der Waals surface area contributed by atoms with Gasteiger partial charge in [-0.2, -0.15) is 0 Å². The first-order valence-corrected chi connectivity index (χ1v) is 6.68. The molecule has 1 aromatic rings. The zero-order valence-electron chi connectivity index (χ0n) is 10.8. The van der Waals surface area contributed by atoms with E-state index in [1.165, 1.54) is 17.5 Å². The Morgan fingerprint density at radius 3 is 2.65 bits per heavy atom. The minimum atomic E-state index is -0.171. The molecule has 17 heavy (non-hydrogen) atoms. The maximum Gasteiger partial charge on any atom is 0.0693 e. The van der Waals surface area contributed by atoms with Crippen LogP contribution in [-0.2, 0) is 0 Å². The summed E-state index contributed by atoms with van der Waals surface area (Å²) >= 11 is 0. The van der Waals surface area contributed by atoms with Crippen LogP contribution in [0.25, 0.3) is 0 Å². The van der Waals surface area contributed by atoms with E-state index in [-0.39, 0.29) is 12.1 Å². The second kappa shape index (κ2) is 5.65. The van der Waals surface area contributed by atoms with E-state index in [1.807, 2.05) is 0 Å². The minimum Gasteiger partial charge on any atom is -0.392 e. The molecule has 2 N–H and O–H groups in total. The lowest BCUT2D eigenvalue weighted by molar-refractivity contribution is 0.0859. The molecule has 2 rings (SSSR count). The molecule has 1 unspecified atom stereocenters. The number of aliphatic hydroxyl groups is 1. The molecule has 3 atom stereocenters. The summed E-state index contributed by atoms with van der Waals surface area (Å²) in [5, 5.41) is 13.5. The second-order valence-electron chi connectivity index (χ2n) is 5.20. The van der Waals surface area contributed by atoms with Crippen molar-refractivity contribution in [2.45, 2.75) is 57.7 Å². The second-order valence-corrected chi connectivity index (χ2v) is 5.20. The summed E-state index contributed by atoms with van der Waals surface area (Å²) in [7, 11) is 0. The van der Waals surface area contributed by atoms with Crippen LogP contribution in [0, 0.1) is 6.92 Å². The molecule has 0 spiro atoms. The predicted octanol–water partition coefficient (Wildman–Crippen LogP) is 2.95. The third kappa shape index (κ3) is 3.08. The van der Waals surface area contributed by atoms with E-state index in [2.05, 4.69) is 43.4 Å². The van der Waals surface area contributed by atoms with Gasteiger partial charge in [0.2, 0.25) is 0 Å². The zero-order valence-corrected chi connectivity index (χ0v) is 10.8. The summed E-state index contributed by atoms with van der Waals surface area (Å²) in [4.78, 5) is 0. The molecule has 0 amide bonds. The summed E-state index contributed by atoms with van der Waals surface area (Å²) in [6.45, 7) is 4.33. The van der Waals surface area contributed by atoms with Crippen LogP contribution in [0.5, 0.6) is 0 Å². The molecule has 0 heterocycles. The molecule has 94 valence electrons. The van der Waals surface area contributed by atoms with Gasteiger partial charge in [0.15, 0.2) is 0 Å². The van der Waals surface area contributed by atoms with Gasteiger partial charge in [-0.05, 0) is 37.8 Å². The number of aliphatic hydroxyl groups excluding tert-OH is 1. The topological polar surface area (TPSA) is 32.3 Å². The third-order valence-electron chi connectivity index (χ3n) is 3.85. The van der Waals surface area contributed by atoms with Crippen LogP contribution < -0.4 is 5.32 Å². The Labute approximate surface area is 104 Å². The first-order chi connectivity index (χ1) is 8.18. The van der Waals surface area contributed by atoms with Gasteiger partial charge in [0.1, 0.15) is 0 Å². The van der Waals surface area contributed by atoms with Gasteiger partial charge >= 0.3 is 0 Å². The molecular formula is C15H23NO. The van der Waals surface area contributed by atoms with Crippen LogP contribution in [0.2, 0.25) is 0 Å². The van der Waals surface area contributed by atoms with Crippen molar-refractivity contribution < 1.29 is 5.11 Å². The molecule has 2 heteroatoms. The molecule has 2 nitrogen and oxygen atoms in total. The number of hydrogen-bond acceptors (Lipinski definition) is 2. The summed E-state index contributed by atoms with van der Waals surface area (Å²) < 4.78 is 0. The smallest absolute Gasteiger partial charge is 0.0693 e. The van der Waals surface area contributed by atoms with Gasteiger partial charge in [-0.25, -0.2) is 0 Å². The van der Waals surface area contributed by atoms with Gasteiger partial charge in [-0.1, -0.05) is 37.1 Å². The average Bonchev–Trinajstić information content (AvgIpc) is 2.32. The summed E-state index contributed by atoms with van der Waals surface area (Å²) in [6.07, 6.45) is 4.26. The molecule has 0 saturated heterocycles. The Bertz CT molecular complexity index is 364. The Kier molecular flexibility index (Phi) is 4.19. The quantitative estimate of drug-likeness (QED) is 0.841. The van der Waals surface area contributed by atoms with Crippen LogP contribution in [-0.4, -0.2) is 17.3 Å². The summed E-state index contributed by atoms with van der Waals surface area (Å²) in [5.74, 6) is 0. The lowest BCUT2D eigenvalue weighted by Gasteiger charge is -2.31.